The minimum atomic E-state index is 0.259. The Morgan fingerprint density at radius 3 is 2.71 bits per heavy atom. The molecule has 0 bridgehead atoms. The van der Waals surface area contributed by atoms with Crippen LogP contribution >= 0.6 is 11.3 Å². The van der Waals surface area contributed by atoms with E-state index in [9.17, 15) is 0 Å². The Labute approximate surface area is 128 Å². The summed E-state index contributed by atoms with van der Waals surface area (Å²) in [5.74, 6) is 0. The van der Waals surface area contributed by atoms with Crippen molar-refractivity contribution >= 4 is 22.2 Å². The van der Waals surface area contributed by atoms with Gasteiger partial charge in [0.05, 0.1) is 21.9 Å². The Morgan fingerprint density at radius 1 is 1.29 bits per heavy atom. The number of aryl methyl sites for hydroxylation is 3. The van der Waals surface area contributed by atoms with Crippen LogP contribution in [0.2, 0.25) is 0 Å². The highest BCUT2D eigenvalue weighted by molar-refractivity contribution is 7.11. The Morgan fingerprint density at radius 2 is 2.05 bits per heavy atom. The van der Waals surface area contributed by atoms with Crippen molar-refractivity contribution in [2.45, 2.75) is 26.3 Å². The van der Waals surface area contributed by atoms with Crippen LogP contribution in [0.4, 0.5) is 0 Å². The number of nitrogens with one attached hydrogen (secondary N) is 1. The quantitative estimate of drug-likeness (QED) is 0.805. The molecule has 5 heteroatoms. The molecule has 1 aromatic carbocycles. The predicted octanol–water partition coefficient (Wildman–Crippen LogP) is 3.15. The second-order valence-corrected chi connectivity index (χ2v) is 6.55. The molecule has 0 fully saturated rings. The number of thiazole rings is 1. The molecule has 0 radical (unpaired) electrons. The van der Waals surface area contributed by atoms with E-state index in [4.69, 9.17) is 5.10 Å². The third-order valence-corrected chi connectivity index (χ3v) is 5.02. The van der Waals surface area contributed by atoms with E-state index in [0.29, 0.717) is 0 Å². The lowest BCUT2D eigenvalue weighted by Gasteiger charge is -2.14. The summed E-state index contributed by atoms with van der Waals surface area (Å²) in [7, 11) is 4.01. The number of hydrogen-bond acceptors (Lipinski definition) is 4. The molecule has 21 heavy (non-hydrogen) atoms. The minimum absolute atomic E-state index is 0.259. The first-order chi connectivity index (χ1) is 10.1. The van der Waals surface area contributed by atoms with Crippen molar-refractivity contribution in [1.82, 2.24) is 20.1 Å². The first-order valence-corrected chi connectivity index (χ1v) is 7.93. The van der Waals surface area contributed by atoms with E-state index >= 15 is 0 Å². The van der Waals surface area contributed by atoms with Crippen LogP contribution in [0.25, 0.3) is 10.9 Å². The molecule has 1 unspecified atom stereocenters. The van der Waals surface area contributed by atoms with Gasteiger partial charge in [-0.2, -0.15) is 5.10 Å². The Kier molecular flexibility index (Phi) is 3.78. The third kappa shape index (κ3) is 2.59. The summed E-state index contributed by atoms with van der Waals surface area (Å²) >= 11 is 1.77. The maximum atomic E-state index is 4.70. The van der Waals surface area contributed by atoms with Gasteiger partial charge in [0.25, 0.3) is 0 Å². The number of hydrogen-bond donors (Lipinski definition) is 1. The fourth-order valence-electron chi connectivity index (χ4n) is 2.83. The van der Waals surface area contributed by atoms with Crippen LogP contribution < -0.4 is 5.32 Å². The van der Waals surface area contributed by atoms with E-state index in [0.717, 1.165) is 22.8 Å². The first-order valence-electron chi connectivity index (χ1n) is 7.12. The van der Waals surface area contributed by atoms with Crippen LogP contribution in [0, 0.1) is 13.8 Å². The number of aromatic nitrogens is 3. The normalized spacial score (nSPS) is 13.0. The number of nitrogens with zero attached hydrogens (tertiary/aromatic N) is 3. The molecular formula is C16H20N4S. The van der Waals surface area contributed by atoms with Crippen molar-refractivity contribution in [2.24, 2.45) is 7.05 Å². The van der Waals surface area contributed by atoms with Gasteiger partial charge in [0.2, 0.25) is 0 Å². The van der Waals surface area contributed by atoms with Gasteiger partial charge < -0.3 is 5.32 Å². The van der Waals surface area contributed by atoms with Crippen molar-refractivity contribution < 1.29 is 0 Å². The molecule has 4 nitrogen and oxygen atoms in total. The van der Waals surface area contributed by atoms with Gasteiger partial charge in [-0.3, -0.25) is 4.68 Å². The maximum Gasteiger partial charge on any atom is 0.0900 e. The molecule has 3 rings (SSSR count). The lowest BCUT2D eigenvalue weighted by atomic mass is 10.1. The third-order valence-electron chi connectivity index (χ3n) is 3.84. The van der Waals surface area contributed by atoms with Gasteiger partial charge in [0.15, 0.2) is 0 Å². The highest BCUT2D eigenvalue weighted by Crippen LogP contribution is 2.29. The fourth-order valence-corrected chi connectivity index (χ4v) is 3.87. The van der Waals surface area contributed by atoms with Gasteiger partial charge in [-0.1, -0.05) is 18.2 Å². The topological polar surface area (TPSA) is 42.7 Å². The van der Waals surface area contributed by atoms with Gasteiger partial charge in [-0.25, -0.2) is 4.98 Å². The molecule has 3 aromatic rings. The SMILES string of the molecule is CNC(Cc1nn(C)c2ccccc12)c1sc(C)nc1C. The van der Waals surface area contributed by atoms with Crippen molar-refractivity contribution in [3.8, 4) is 0 Å². The average Bonchev–Trinajstić information content (AvgIpc) is 2.97. The molecule has 2 aromatic heterocycles. The zero-order valence-electron chi connectivity index (χ0n) is 12.8. The van der Waals surface area contributed by atoms with E-state index in [1.54, 1.807) is 11.3 Å². The number of para-hydroxylation sites is 1. The summed E-state index contributed by atoms with van der Waals surface area (Å²) in [6.45, 7) is 4.14. The molecule has 0 saturated carbocycles. The van der Waals surface area contributed by atoms with Crippen molar-refractivity contribution in [1.29, 1.82) is 0 Å². The largest absolute Gasteiger partial charge is 0.312 e. The van der Waals surface area contributed by atoms with E-state index in [2.05, 4.69) is 48.4 Å². The van der Waals surface area contributed by atoms with Gasteiger partial charge >= 0.3 is 0 Å². The van der Waals surface area contributed by atoms with Crippen molar-refractivity contribution in [2.75, 3.05) is 7.05 Å². The molecule has 0 spiro atoms. The highest BCUT2D eigenvalue weighted by atomic mass is 32.1. The number of likely N-dealkylation sites (N-methyl/N-ethyl adjacent to an activating group) is 1. The molecule has 1 atom stereocenters. The molecule has 0 aliphatic heterocycles. The summed E-state index contributed by atoms with van der Waals surface area (Å²) < 4.78 is 1.96. The minimum Gasteiger partial charge on any atom is -0.312 e. The van der Waals surface area contributed by atoms with Gasteiger partial charge in [-0.05, 0) is 27.0 Å². The van der Waals surface area contributed by atoms with Crippen molar-refractivity contribution in [3.63, 3.8) is 0 Å². The molecular weight excluding hydrogens is 280 g/mol. The van der Waals surface area contributed by atoms with Gasteiger partial charge in [-0.15, -0.1) is 11.3 Å². The van der Waals surface area contributed by atoms with Crippen LogP contribution in [-0.4, -0.2) is 21.8 Å². The van der Waals surface area contributed by atoms with Gasteiger partial charge in [0, 0.05) is 29.8 Å². The number of rotatable bonds is 4. The Bertz CT molecular complexity index is 772. The average molecular weight is 300 g/mol. The van der Waals surface area contributed by atoms with Crippen LogP contribution in [0.3, 0.4) is 0 Å². The van der Waals surface area contributed by atoms with Crippen LogP contribution in [-0.2, 0) is 13.5 Å². The van der Waals surface area contributed by atoms with Crippen LogP contribution in [0.1, 0.15) is 27.3 Å². The van der Waals surface area contributed by atoms with Crippen molar-refractivity contribution in [3.05, 3.63) is 45.5 Å². The Hall–Kier alpha value is -1.72. The van der Waals surface area contributed by atoms with Crippen LogP contribution in [0.15, 0.2) is 24.3 Å². The number of benzene rings is 1. The lowest BCUT2D eigenvalue weighted by Crippen LogP contribution is -2.19. The maximum absolute atomic E-state index is 4.70. The van der Waals surface area contributed by atoms with Gasteiger partial charge in [0.1, 0.15) is 0 Å². The second-order valence-electron chi connectivity index (χ2n) is 5.32. The molecule has 0 aliphatic rings. The standard InChI is InChI=1S/C16H20N4S/c1-10-16(21-11(2)18-10)14(17-3)9-13-12-7-5-6-8-15(12)20(4)19-13/h5-8,14,17H,9H2,1-4H3. The summed E-state index contributed by atoms with van der Waals surface area (Å²) in [4.78, 5) is 5.85. The van der Waals surface area contributed by atoms with E-state index in [1.165, 1.54) is 15.8 Å². The summed E-state index contributed by atoms with van der Waals surface area (Å²) in [6.07, 6.45) is 0.875. The monoisotopic (exact) mass is 300 g/mol. The summed E-state index contributed by atoms with van der Waals surface area (Å²) in [6, 6.07) is 8.65. The molecule has 1 N–H and O–H groups in total. The lowest BCUT2D eigenvalue weighted by molar-refractivity contribution is 0.584. The van der Waals surface area contributed by atoms with E-state index in [1.807, 2.05) is 18.8 Å². The Balaban J connectivity index is 1.98. The smallest absolute Gasteiger partial charge is 0.0900 e. The van der Waals surface area contributed by atoms with E-state index < -0.39 is 0 Å². The fraction of sp³-hybridized carbons (Fsp3) is 0.375. The van der Waals surface area contributed by atoms with Crippen LogP contribution in [0.5, 0.6) is 0 Å². The molecule has 2 heterocycles. The molecule has 0 amide bonds. The highest BCUT2D eigenvalue weighted by Gasteiger charge is 2.19. The predicted molar refractivity (Wildman–Crippen MR) is 87.8 cm³/mol. The summed E-state index contributed by atoms with van der Waals surface area (Å²) in [5, 5.41) is 10.5. The molecule has 110 valence electrons. The second kappa shape index (κ2) is 5.58. The first kappa shape index (κ1) is 14.2. The zero-order valence-corrected chi connectivity index (χ0v) is 13.7. The molecule has 0 aliphatic carbocycles. The van der Waals surface area contributed by atoms with E-state index in [-0.39, 0.29) is 6.04 Å². The summed E-state index contributed by atoms with van der Waals surface area (Å²) in [5.41, 5.74) is 3.44. The zero-order chi connectivity index (χ0) is 15.0. The molecule has 0 saturated heterocycles. The number of fused-ring (bicyclic) bond motifs is 1.